The third-order valence-corrected chi connectivity index (χ3v) is 5.33. The van der Waals surface area contributed by atoms with Crippen molar-refractivity contribution in [1.29, 1.82) is 0 Å². The monoisotopic (exact) mass is 404 g/mol. The number of hydrogen-bond acceptors (Lipinski definition) is 4. The fourth-order valence-electron chi connectivity index (χ4n) is 3.73. The maximum absolute atomic E-state index is 12.2. The molecule has 2 aromatic carbocycles. The van der Waals surface area contributed by atoms with Crippen LogP contribution in [0.15, 0.2) is 57.9 Å². The Balaban J connectivity index is 1.37. The molecule has 0 unspecified atom stereocenters. The molecule has 0 atom stereocenters. The van der Waals surface area contributed by atoms with Gasteiger partial charge in [-0.25, -0.2) is 4.79 Å². The molecule has 0 spiro atoms. The van der Waals surface area contributed by atoms with Crippen molar-refractivity contribution in [3.05, 3.63) is 75.8 Å². The number of hydrogen-bond donors (Lipinski definition) is 2. The topological polar surface area (TPSA) is 84.3 Å². The summed E-state index contributed by atoms with van der Waals surface area (Å²) < 4.78 is 11.1. The van der Waals surface area contributed by atoms with E-state index in [1.54, 1.807) is 0 Å². The van der Waals surface area contributed by atoms with E-state index in [1.165, 1.54) is 17.0 Å². The average molecular weight is 404 g/mol. The number of carbonyl (C=O) groups is 1. The Hall–Kier alpha value is -3.54. The van der Waals surface area contributed by atoms with Crippen LogP contribution in [0.2, 0.25) is 0 Å². The van der Waals surface area contributed by atoms with E-state index in [9.17, 15) is 9.59 Å². The van der Waals surface area contributed by atoms with Gasteiger partial charge in [-0.3, -0.25) is 4.79 Å². The fraction of sp³-hybridized carbons (Fsp3) is 0.250. The van der Waals surface area contributed by atoms with Gasteiger partial charge in [0.15, 0.2) is 6.61 Å². The van der Waals surface area contributed by atoms with Crippen molar-refractivity contribution in [1.82, 2.24) is 10.3 Å². The van der Waals surface area contributed by atoms with E-state index in [2.05, 4.69) is 16.4 Å². The first-order chi connectivity index (χ1) is 14.6. The van der Waals surface area contributed by atoms with Crippen molar-refractivity contribution in [3.63, 3.8) is 0 Å². The first kappa shape index (κ1) is 19.8. The lowest BCUT2D eigenvalue weighted by atomic mass is 10.0. The minimum absolute atomic E-state index is 0.0993. The van der Waals surface area contributed by atoms with Crippen LogP contribution in [0, 0.1) is 6.92 Å². The zero-order valence-corrected chi connectivity index (χ0v) is 17.1. The summed E-state index contributed by atoms with van der Waals surface area (Å²) in [7, 11) is 0. The fourth-order valence-corrected chi connectivity index (χ4v) is 3.73. The Morgan fingerprint density at radius 2 is 1.97 bits per heavy atom. The lowest BCUT2D eigenvalue weighted by Crippen LogP contribution is -2.30. The van der Waals surface area contributed by atoms with Crippen molar-refractivity contribution in [3.8, 4) is 5.75 Å². The molecule has 2 heterocycles. The summed E-state index contributed by atoms with van der Waals surface area (Å²) in [6, 6.07) is 13.3. The number of aromatic nitrogens is 1. The number of H-pyrrole nitrogens is 1. The minimum Gasteiger partial charge on any atom is -0.483 e. The molecular formula is C24H24N2O4. The largest absolute Gasteiger partial charge is 0.483 e. The van der Waals surface area contributed by atoms with Crippen molar-refractivity contribution < 1.29 is 13.9 Å². The van der Waals surface area contributed by atoms with E-state index in [1.807, 2.05) is 50.4 Å². The molecule has 4 aromatic rings. The van der Waals surface area contributed by atoms with Gasteiger partial charge in [-0.1, -0.05) is 25.1 Å². The Kier molecular flexibility index (Phi) is 5.57. The predicted molar refractivity (Wildman–Crippen MR) is 117 cm³/mol. The second-order valence-corrected chi connectivity index (χ2v) is 7.26. The van der Waals surface area contributed by atoms with Gasteiger partial charge in [0.2, 0.25) is 0 Å². The number of amides is 1. The molecular weight excluding hydrogens is 380 g/mol. The van der Waals surface area contributed by atoms with E-state index < -0.39 is 0 Å². The van der Waals surface area contributed by atoms with E-state index in [-0.39, 0.29) is 18.1 Å². The first-order valence-corrected chi connectivity index (χ1v) is 10.1. The van der Waals surface area contributed by atoms with E-state index in [4.69, 9.17) is 9.15 Å². The van der Waals surface area contributed by atoms with Gasteiger partial charge >= 0.3 is 5.63 Å². The molecule has 2 aromatic heterocycles. The van der Waals surface area contributed by atoms with Gasteiger partial charge in [0.05, 0.1) is 0 Å². The lowest BCUT2D eigenvalue weighted by Gasteiger charge is -2.12. The molecule has 0 aliphatic heterocycles. The minimum atomic E-state index is -0.380. The van der Waals surface area contributed by atoms with Crippen LogP contribution in [0.5, 0.6) is 5.75 Å². The van der Waals surface area contributed by atoms with Crippen molar-refractivity contribution >= 4 is 27.8 Å². The summed E-state index contributed by atoms with van der Waals surface area (Å²) in [6.07, 6.45) is 3.44. The van der Waals surface area contributed by atoms with Gasteiger partial charge in [0.1, 0.15) is 11.3 Å². The van der Waals surface area contributed by atoms with Gasteiger partial charge in [-0.2, -0.15) is 0 Å². The van der Waals surface area contributed by atoms with Gasteiger partial charge in [0.25, 0.3) is 5.91 Å². The quantitative estimate of drug-likeness (QED) is 0.458. The molecule has 6 heteroatoms. The highest BCUT2D eigenvalue weighted by Crippen LogP contribution is 2.28. The highest BCUT2D eigenvalue weighted by atomic mass is 16.5. The average Bonchev–Trinajstić information content (AvgIpc) is 3.16. The third-order valence-electron chi connectivity index (χ3n) is 5.33. The zero-order valence-electron chi connectivity index (χ0n) is 17.1. The van der Waals surface area contributed by atoms with Crippen molar-refractivity contribution in [2.75, 3.05) is 13.2 Å². The SMILES string of the molecule is CCc1cc(=O)oc2c(C)c(OCC(=O)NCCc3c[nH]c4ccccc34)ccc12. The Morgan fingerprint density at radius 3 is 2.80 bits per heavy atom. The van der Waals surface area contributed by atoms with Crippen LogP contribution in [-0.2, 0) is 17.6 Å². The molecule has 0 bridgehead atoms. The maximum Gasteiger partial charge on any atom is 0.336 e. The van der Waals surface area contributed by atoms with Gasteiger partial charge < -0.3 is 19.5 Å². The molecule has 0 aliphatic rings. The normalized spacial score (nSPS) is 11.1. The summed E-state index contributed by atoms with van der Waals surface area (Å²) in [5.74, 6) is 0.337. The number of carbonyl (C=O) groups excluding carboxylic acids is 1. The van der Waals surface area contributed by atoms with Crippen LogP contribution in [0.25, 0.3) is 21.9 Å². The van der Waals surface area contributed by atoms with Gasteiger partial charge in [-0.05, 0) is 49.1 Å². The number of rotatable bonds is 7. The molecule has 0 aliphatic carbocycles. The summed E-state index contributed by atoms with van der Waals surface area (Å²) in [5, 5.41) is 4.95. The molecule has 6 nitrogen and oxygen atoms in total. The number of benzene rings is 2. The second kappa shape index (κ2) is 8.45. The van der Waals surface area contributed by atoms with Crippen molar-refractivity contribution in [2.24, 2.45) is 0 Å². The first-order valence-electron chi connectivity index (χ1n) is 10.1. The number of nitrogens with one attached hydrogen (secondary N) is 2. The summed E-state index contributed by atoms with van der Waals surface area (Å²) in [5.41, 5.74) is 4.04. The molecule has 0 fully saturated rings. The lowest BCUT2D eigenvalue weighted by molar-refractivity contribution is -0.123. The second-order valence-electron chi connectivity index (χ2n) is 7.26. The Morgan fingerprint density at radius 1 is 1.13 bits per heavy atom. The molecule has 1 amide bonds. The molecule has 30 heavy (non-hydrogen) atoms. The van der Waals surface area contributed by atoms with Gasteiger partial charge in [0, 0.05) is 40.7 Å². The summed E-state index contributed by atoms with van der Waals surface area (Å²) in [6.45, 7) is 4.25. The van der Waals surface area contributed by atoms with Gasteiger partial charge in [-0.15, -0.1) is 0 Å². The highest BCUT2D eigenvalue weighted by molar-refractivity contribution is 5.85. The molecule has 154 valence electrons. The predicted octanol–water partition coefficient (Wildman–Crippen LogP) is 3.88. The van der Waals surface area contributed by atoms with E-state index >= 15 is 0 Å². The molecule has 0 saturated carbocycles. The smallest absolute Gasteiger partial charge is 0.336 e. The number of aromatic amines is 1. The summed E-state index contributed by atoms with van der Waals surface area (Å²) >= 11 is 0. The van der Waals surface area contributed by atoms with Crippen LogP contribution in [0.3, 0.4) is 0 Å². The number of aryl methyl sites for hydroxylation is 2. The van der Waals surface area contributed by atoms with E-state index in [0.717, 1.165) is 29.3 Å². The summed E-state index contributed by atoms with van der Waals surface area (Å²) in [4.78, 5) is 27.3. The van der Waals surface area contributed by atoms with Crippen LogP contribution in [0.1, 0.15) is 23.6 Å². The Bertz CT molecular complexity index is 1270. The van der Waals surface area contributed by atoms with Crippen molar-refractivity contribution in [2.45, 2.75) is 26.7 Å². The molecule has 2 N–H and O–H groups in total. The Labute approximate surface area is 173 Å². The maximum atomic E-state index is 12.2. The van der Waals surface area contributed by atoms with Crippen LogP contribution in [0.4, 0.5) is 0 Å². The molecule has 0 saturated heterocycles. The number of para-hydroxylation sites is 1. The van der Waals surface area contributed by atoms with Crippen LogP contribution >= 0.6 is 0 Å². The van der Waals surface area contributed by atoms with Crippen LogP contribution < -0.4 is 15.7 Å². The third kappa shape index (κ3) is 3.94. The molecule has 4 rings (SSSR count). The molecule has 0 radical (unpaired) electrons. The highest BCUT2D eigenvalue weighted by Gasteiger charge is 2.12. The number of ether oxygens (including phenoxy) is 1. The van der Waals surface area contributed by atoms with Crippen LogP contribution in [-0.4, -0.2) is 24.0 Å². The standard InChI is InChI=1S/C24H24N2O4/c1-3-16-12-23(28)30-24-15(2)21(9-8-19(16)24)29-14-22(27)25-11-10-17-13-26-20-7-5-4-6-18(17)20/h4-9,12-13,26H,3,10-11,14H2,1-2H3,(H,25,27). The van der Waals surface area contributed by atoms with E-state index in [0.29, 0.717) is 23.4 Å². The zero-order chi connectivity index (χ0) is 21.1. The number of fused-ring (bicyclic) bond motifs is 2.